The second-order valence-corrected chi connectivity index (χ2v) is 3.35. The lowest BCUT2D eigenvalue weighted by atomic mass is 10.1. The van der Waals surface area contributed by atoms with Gasteiger partial charge in [-0.3, -0.25) is 0 Å². The SMILES string of the molecule is CN[C@H](C)c1cccc2c1OC(F)(F)O2. The summed E-state index contributed by atoms with van der Waals surface area (Å²) >= 11 is 0. The van der Waals surface area contributed by atoms with Crippen molar-refractivity contribution < 1.29 is 18.3 Å². The molecule has 5 heteroatoms. The van der Waals surface area contributed by atoms with Crippen LogP contribution in [-0.2, 0) is 0 Å². The molecule has 0 unspecified atom stereocenters. The third-order valence-corrected chi connectivity index (χ3v) is 2.36. The van der Waals surface area contributed by atoms with Crippen LogP contribution in [0.25, 0.3) is 0 Å². The maximum Gasteiger partial charge on any atom is 0.586 e. The number of halogens is 2. The maximum absolute atomic E-state index is 12.8. The lowest BCUT2D eigenvalue weighted by Gasteiger charge is -2.12. The van der Waals surface area contributed by atoms with Crippen molar-refractivity contribution in [1.82, 2.24) is 5.32 Å². The third kappa shape index (κ3) is 1.74. The van der Waals surface area contributed by atoms with E-state index in [2.05, 4.69) is 14.8 Å². The zero-order valence-corrected chi connectivity index (χ0v) is 8.38. The average Bonchev–Trinajstić information content (AvgIpc) is 2.49. The van der Waals surface area contributed by atoms with E-state index < -0.39 is 6.29 Å². The summed E-state index contributed by atoms with van der Waals surface area (Å²) in [5, 5.41) is 2.96. The van der Waals surface area contributed by atoms with Crippen LogP contribution in [-0.4, -0.2) is 13.3 Å². The topological polar surface area (TPSA) is 30.5 Å². The summed E-state index contributed by atoms with van der Waals surface area (Å²) in [6.07, 6.45) is -3.55. The molecule has 0 aliphatic carbocycles. The molecule has 0 amide bonds. The lowest BCUT2D eigenvalue weighted by Crippen LogP contribution is -2.26. The Morgan fingerprint density at radius 2 is 2.07 bits per heavy atom. The molecule has 1 aliphatic heterocycles. The zero-order valence-electron chi connectivity index (χ0n) is 8.38. The largest absolute Gasteiger partial charge is 0.586 e. The molecule has 0 spiro atoms. The number of ether oxygens (including phenoxy) is 2. The van der Waals surface area contributed by atoms with Crippen LogP contribution in [0.5, 0.6) is 11.5 Å². The Balaban J connectivity index is 2.41. The number of benzene rings is 1. The smallest absolute Gasteiger partial charge is 0.395 e. The zero-order chi connectivity index (χ0) is 11.1. The highest BCUT2D eigenvalue weighted by Gasteiger charge is 2.44. The van der Waals surface area contributed by atoms with Crippen molar-refractivity contribution in [2.75, 3.05) is 7.05 Å². The highest BCUT2D eigenvalue weighted by molar-refractivity contribution is 5.49. The molecule has 0 fully saturated rings. The average molecular weight is 215 g/mol. The van der Waals surface area contributed by atoms with Crippen molar-refractivity contribution in [3.8, 4) is 11.5 Å². The van der Waals surface area contributed by atoms with Gasteiger partial charge in [0.1, 0.15) is 0 Å². The summed E-state index contributed by atoms with van der Waals surface area (Å²) in [5.41, 5.74) is 0.659. The molecule has 1 heterocycles. The molecule has 3 nitrogen and oxygen atoms in total. The predicted octanol–water partition coefficient (Wildman–Crippen LogP) is 2.29. The molecule has 0 saturated heterocycles. The van der Waals surface area contributed by atoms with Crippen molar-refractivity contribution >= 4 is 0 Å². The maximum atomic E-state index is 12.8. The number of para-hydroxylation sites is 1. The number of hydrogen-bond donors (Lipinski definition) is 1. The minimum absolute atomic E-state index is 0.0718. The molecule has 82 valence electrons. The first-order chi connectivity index (χ1) is 7.03. The van der Waals surface area contributed by atoms with E-state index in [1.165, 1.54) is 6.07 Å². The van der Waals surface area contributed by atoms with Crippen molar-refractivity contribution in [2.45, 2.75) is 19.3 Å². The van der Waals surface area contributed by atoms with Gasteiger partial charge >= 0.3 is 6.29 Å². The number of rotatable bonds is 2. The van der Waals surface area contributed by atoms with Crippen LogP contribution in [0.2, 0.25) is 0 Å². The minimum Gasteiger partial charge on any atom is -0.395 e. The lowest BCUT2D eigenvalue weighted by molar-refractivity contribution is -0.287. The Kier molecular flexibility index (Phi) is 2.26. The molecule has 0 bridgehead atoms. The molecule has 1 aromatic rings. The second kappa shape index (κ2) is 3.34. The van der Waals surface area contributed by atoms with E-state index in [0.717, 1.165) is 0 Å². The minimum atomic E-state index is -3.55. The molecule has 2 rings (SSSR count). The molecule has 0 saturated carbocycles. The fourth-order valence-corrected chi connectivity index (χ4v) is 1.49. The molecule has 1 aliphatic rings. The van der Waals surface area contributed by atoms with E-state index in [9.17, 15) is 8.78 Å². The molecule has 1 aromatic carbocycles. The van der Waals surface area contributed by atoms with Gasteiger partial charge in [-0.05, 0) is 20.0 Å². The van der Waals surface area contributed by atoms with Crippen molar-refractivity contribution in [3.63, 3.8) is 0 Å². The Bertz CT molecular complexity index is 382. The summed E-state index contributed by atoms with van der Waals surface area (Å²) in [7, 11) is 1.75. The first-order valence-electron chi connectivity index (χ1n) is 4.59. The highest BCUT2D eigenvalue weighted by atomic mass is 19.3. The number of alkyl halides is 2. The van der Waals surface area contributed by atoms with Crippen LogP contribution in [0.15, 0.2) is 18.2 Å². The standard InChI is InChI=1S/C10H11F2NO2/c1-6(13-2)7-4-3-5-8-9(7)15-10(11,12)14-8/h3-6,13H,1-2H3/t6-/m1/s1. The first-order valence-corrected chi connectivity index (χ1v) is 4.59. The van der Waals surface area contributed by atoms with Gasteiger partial charge in [0.2, 0.25) is 0 Å². The summed E-state index contributed by atoms with van der Waals surface area (Å²) < 4.78 is 34.4. The van der Waals surface area contributed by atoms with Gasteiger partial charge < -0.3 is 14.8 Å². The van der Waals surface area contributed by atoms with Gasteiger partial charge in [0.15, 0.2) is 11.5 Å². The quantitative estimate of drug-likeness (QED) is 0.821. The van der Waals surface area contributed by atoms with Crippen LogP contribution >= 0.6 is 0 Å². The Labute approximate surface area is 86.0 Å². The van der Waals surface area contributed by atoms with Crippen LogP contribution in [0.4, 0.5) is 8.78 Å². The van der Waals surface area contributed by atoms with Crippen molar-refractivity contribution in [3.05, 3.63) is 23.8 Å². The Hall–Kier alpha value is -1.36. The van der Waals surface area contributed by atoms with E-state index in [0.29, 0.717) is 5.56 Å². The van der Waals surface area contributed by atoms with Gasteiger partial charge in [-0.25, -0.2) is 0 Å². The van der Waals surface area contributed by atoms with Crippen LogP contribution in [0.3, 0.4) is 0 Å². The fraction of sp³-hybridized carbons (Fsp3) is 0.400. The van der Waals surface area contributed by atoms with E-state index >= 15 is 0 Å². The molecular weight excluding hydrogens is 204 g/mol. The summed E-state index contributed by atoms with van der Waals surface area (Å²) in [4.78, 5) is 0. The second-order valence-electron chi connectivity index (χ2n) is 3.35. The molecule has 1 atom stereocenters. The number of fused-ring (bicyclic) bond motifs is 1. The molecule has 0 aromatic heterocycles. The van der Waals surface area contributed by atoms with Gasteiger partial charge in [0, 0.05) is 11.6 Å². The highest BCUT2D eigenvalue weighted by Crippen LogP contribution is 2.44. The fourth-order valence-electron chi connectivity index (χ4n) is 1.49. The predicted molar refractivity (Wildman–Crippen MR) is 50.1 cm³/mol. The molecule has 0 radical (unpaired) electrons. The van der Waals surface area contributed by atoms with Gasteiger partial charge in [-0.1, -0.05) is 12.1 Å². The van der Waals surface area contributed by atoms with Crippen LogP contribution in [0.1, 0.15) is 18.5 Å². The van der Waals surface area contributed by atoms with Crippen LogP contribution < -0.4 is 14.8 Å². The Morgan fingerprint density at radius 3 is 2.73 bits per heavy atom. The molecule has 1 N–H and O–H groups in total. The summed E-state index contributed by atoms with van der Waals surface area (Å²) in [5.74, 6) is 0.198. The van der Waals surface area contributed by atoms with Crippen molar-refractivity contribution in [1.29, 1.82) is 0 Å². The summed E-state index contributed by atoms with van der Waals surface area (Å²) in [6.45, 7) is 1.86. The molecule has 15 heavy (non-hydrogen) atoms. The van der Waals surface area contributed by atoms with E-state index in [1.54, 1.807) is 19.2 Å². The van der Waals surface area contributed by atoms with Gasteiger partial charge in [0.05, 0.1) is 0 Å². The molecular formula is C10H11F2NO2. The summed E-state index contributed by atoms with van der Waals surface area (Å²) in [6, 6.07) is 4.78. The van der Waals surface area contributed by atoms with Gasteiger partial charge in [-0.2, -0.15) is 0 Å². The Morgan fingerprint density at radius 1 is 1.33 bits per heavy atom. The van der Waals surface area contributed by atoms with Gasteiger partial charge in [-0.15, -0.1) is 8.78 Å². The monoisotopic (exact) mass is 215 g/mol. The van der Waals surface area contributed by atoms with Gasteiger partial charge in [0.25, 0.3) is 0 Å². The van der Waals surface area contributed by atoms with Crippen LogP contribution in [0, 0.1) is 0 Å². The first kappa shape index (κ1) is 10.2. The van der Waals surface area contributed by atoms with Crippen molar-refractivity contribution in [2.24, 2.45) is 0 Å². The van der Waals surface area contributed by atoms with E-state index in [1.807, 2.05) is 6.92 Å². The normalized spacial score (nSPS) is 18.9. The number of nitrogens with one attached hydrogen (secondary N) is 1. The van der Waals surface area contributed by atoms with E-state index in [4.69, 9.17) is 0 Å². The van der Waals surface area contributed by atoms with E-state index in [-0.39, 0.29) is 17.5 Å². The third-order valence-electron chi connectivity index (χ3n) is 2.36. The number of hydrogen-bond acceptors (Lipinski definition) is 3.